The first kappa shape index (κ1) is 13.6. The summed E-state index contributed by atoms with van der Waals surface area (Å²) in [5.41, 5.74) is 0.385. The molecule has 1 N–H and O–H groups in total. The van der Waals surface area contributed by atoms with E-state index in [1.165, 1.54) is 19.3 Å². The van der Waals surface area contributed by atoms with Crippen LogP contribution in [0.1, 0.15) is 53.0 Å². The lowest BCUT2D eigenvalue weighted by Crippen LogP contribution is -2.39. The van der Waals surface area contributed by atoms with Gasteiger partial charge in [-0.05, 0) is 37.1 Å². The van der Waals surface area contributed by atoms with Crippen molar-refractivity contribution in [2.75, 3.05) is 6.54 Å². The van der Waals surface area contributed by atoms with Gasteiger partial charge in [-0.1, -0.05) is 27.7 Å². The lowest BCUT2D eigenvalue weighted by atomic mass is 9.82. The maximum atomic E-state index is 4.17. The van der Waals surface area contributed by atoms with E-state index in [4.69, 9.17) is 0 Å². The molecule has 18 heavy (non-hydrogen) atoms. The van der Waals surface area contributed by atoms with Crippen LogP contribution in [0.25, 0.3) is 0 Å². The number of hydrogen-bond acceptors (Lipinski definition) is 2. The van der Waals surface area contributed by atoms with Crippen LogP contribution in [-0.4, -0.2) is 22.1 Å². The molecule has 1 heterocycles. The molecule has 3 unspecified atom stereocenters. The monoisotopic (exact) mass is 249 g/mol. The third kappa shape index (κ3) is 3.14. The van der Waals surface area contributed by atoms with Crippen LogP contribution in [0, 0.1) is 11.3 Å². The van der Waals surface area contributed by atoms with E-state index in [2.05, 4.69) is 48.8 Å². The van der Waals surface area contributed by atoms with Crippen molar-refractivity contribution in [3.8, 4) is 0 Å². The van der Waals surface area contributed by atoms with Gasteiger partial charge in [0, 0.05) is 24.5 Å². The Bertz CT molecular complexity index is 350. The van der Waals surface area contributed by atoms with Gasteiger partial charge in [0.15, 0.2) is 0 Å². The Morgan fingerprint density at radius 2 is 2.17 bits per heavy atom. The Morgan fingerprint density at radius 1 is 1.39 bits per heavy atom. The fourth-order valence-electron chi connectivity index (χ4n) is 2.64. The highest BCUT2D eigenvalue weighted by molar-refractivity contribution is 4.92. The minimum Gasteiger partial charge on any atom is -0.333 e. The first-order valence-corrected chi connectivity index (χ1v) is 7.19. The number of hydrogen-bond donors (Lipinski definition) is 1. The molecule has 0 aliphatic heterocycles. The summed E-state index contributed by atoms with van der Waals surface area (Å²) in [6.45, 7) is 10.4. The Labute approximate surface area is 111 Å². The molecule has 0 saturated heterocycles. The van der Waals surface area contributed by atoms with Crippen molar-refractivity contribution < 1.29 is 0 Å². The van der Waals surface area contributed by atoms with Gasteiger partial charge in [-0.2, -0.15) is 0 Å². The van der Waals surface area contributed by atoms with Crippen LogP contribution in [-0.2, 0) is 0 Å². The van der Waals surface area contributed by atoms with Crippen LogP contribution < -0.4 is 5.32 Å². The summed E-state index contributed by atoms with van der Waals surface area (Å²) in [6, 6.07) is 1.21. The van der Waals surface area contributed by atoms with Crippen LogP contribution in [0.4, 0.5) is 0 Å². The number of imidazole rings is 1. The normalized spacial score (nSPS) is 26.4. The fourth-order valence-corrected chi connectivity index (χ4v) is 2.64. The van der Waals surface area contributed by atoms with E-state index in [0.29, 0.717) is 23.4 Å². The molecule has 1 fully saturated rings. The van der Waals surface area contributed by atoms with Crippen LogP contribution in [0.3, 0.4) is 0 Å². The highest BCUT2D eigenvalue weighted by Gasteiger charge is 2.29. The molecule has 0 spiro atoms. The molecule has 0 radical (unpaired) electrons. The summed E-state index contributed by atoms with van der Waals surface area (Å²) < 4.78 is 2.27. The van der Waals surface area contributed by atoms with Gasteiger partial charge in [0.25, 0.3) is 0 Å². The molecule has 1 saturated carbocycles. The molecule has 3 heteroatoms. The maximum Gasteiger partial charge on any atom is 0.0949 e. The van der Waals surface area contributed by atoms with E-state index in [0.717, 1.165) is 6.54 Å². The van der Waals surface area contributed by atoms with Crippen molar-refractivity contribution in [1.82, 2.24) is 14.9 Å². The molecule has 0 amide bonds. The van der Waals surface area contributed by atoms with Crippen molar-refractivity contribution in [2.24, 2.45) is 11.3 Å². The van der Waals surface area contributed by atoms with E-state index in [9.17, 15) is 0 Å². The number of aromatic nitrogens is 2. The van der Waals surface area contributed by atoms with Crippen molar-refractivity contribution in [3.63, 3.8) is 0 Å². The number of nitrogens with zero attached hydrogens (tertiary/aromatic N) is 2. The summed E-state index contributed by atoms with van der Waals surface area (Å²) >= 11 is 0. The lowest BCUT2D eigenvalue weighted by molar-refractivity contribution is 0.237. The third-order valence-corrected chi connectivity index (χ3v) is 4.55. The van der Waals surface area contributed by atoms with Crippen LogP contribution in [0.2, 0.25) is 0 Å². The summed E-state index contributed by atoms with van der Waals surface area (Å²) in [4.78, 5) is 4.17. The van der Waals surface area contributed by atoms with Gasteiger partial charge in [-0.3, -0.25) is 0 Å². The zero-order chi connectivity index (χ0) is 13.2. The SMILES string of the molecule is CC(CNC1CCCC1n1ccnc1)C(C)(C)C. The molecule has 102 valence electrons. The first-order valence-electron chi connectivity index (χ1n) is 7.19. The Hall–Kier alpha value is -0.830. The molecular formula is C15H27N3. The van der Waals surface area contributed by atoms with Crippen LogP contribution >= 0.6 is 0 Å². The molecule has 2 rings (SSSR count). The fraction of sp³-hybridized carbons (Fsp3) is 0.800. The molecule has 3 atom stereocenters. The van der Waals surface area contributed by atoms with E-state index in [1.807, 2.05) is 12.5 Å². The third-order valence-electron chi connectivity index (χ3n) is 4.55. The molecule has 0 aromatic carbocycles. The molecule has 3 nitrogen and oxygen atoms in total. The second kappa shape index (κ2) is 5.43. The van der Waals surface area contributed by atoms with Gasteiger partial charge in [0.2, 0.25) is 0 Å². The van der Waals surface area contributed by atoms with E-state index in [1.54, 1.807) is 0 Å². The lowest BCUT2D eigenvalue weighted by Gasteiger charge is -2.30. The Balaban J connectivity index is 1.89. The average molecular weight is 249 g/mol. The minimum atomic E-state index is 0.385. The minimum absolute atomic E-state index is 0.385. The van der Waals surface area contributed by atoms with E-state index < -0.39 is 0 Å². The zero-order valence-corrected chi connectivity index (χ0v) is 12.2. The van der Waals surface area contributed by atoms with Gasteiger partial charge in [0.05, 0.1) is 6.33 Å². The second-order valence-electron chi connectivity index (χ2n) is 6.79. The van der Waals surface area contributed by atoms with Crippen molar-refractivity contribution in [2.45, 2.75) is 59.0 Å². The van der Waals surface area contributed by atoms with E-state index in [-0.39, 0.29) is 0 Å². The smallest absolute Gasteiger partial charge is 0.0949 e. The Kier molecular flexibility index (Phi) is 4.10. The molecule has 0 bridgehead atoms. The standard InChI is InChI=1S/C15H27N3/c1-12(15(2,3)4)10-17-13-6-5-7-14(13)18-9-8-16-11-18/h8-9,11-14,17H,5-7,10H2,1-4H3. The van der Waals surface area contributed by atoms with E-state index >= 15 is 0 Å². The number of nitrogens with one attached hydrogen (secondary N) is 1. The summed E-state index contributed by atoms with van der Waals surface area (Å²) in [5.74, 6) is 0.696. The van der Waals surface area contributed by atoms with Gasteiger partial charge in [-0.25, -0.2) is 4.98 Å². The Morgan fingerprint density at radius 3 is 2.78 bits per heavy atom. The van der Waals surface area contributed by atoms with Gasteiger partial charge < -0.3 is 9.88 Å². The molecule has 1 aliphatic carbocycles. The highest BCUT2D eigenvalue weighted by Crippen LogP contribution is 2.31. The summed E-state index contributed by atoms with van der Waals surface area (Å²) in [6.07, 6.45) is 9.82. The topological polar surface area (TPSA) is 29.9 Å². The molecule has 1 aromatic rings. The van der Waals surface area contributed by atoms with Crippen LogP contribution in [0.5, 0.6) is 0 Å². The predicted molar refractivity (Wildman–Crippen MR) is 75.5 cm³/mol. The molecule has 1 aromatic heterocycles. The predicted octanol–water partition coefficient (Wildman–Crippen LogP) is 3.25. The first-order chi connectivity index (χ1) is 8.48. The largest absolute Gasteiger partial charge is 0.333 e. The average Bonchev–Trinajstić information content (AvgIpc) is 2.94. The summed E-state index contributed by atoms with van der Waals surface area (Å²) in [5, 5.41) is 3.78. The van der Waals surface area contributed by atoms with Crippen molar-refractivity contribution >= 4 is 0 Å². The number of rotatable bonds is 4. The molecular weight excluding hydrogens is 222 g/mol. The van der Waals surface area contributed by atoms with Crippen LogP contribution in [0.15, 0.2) is 18.7 Å². The van der Waals surface area contributed by atoms with Crippen molar-refractivity contribution in [3.05, 3.63) is 18.7 Å². The molecule has 1 aliphatic rings. The zero-order valence-electron chi connectivity index (χ0n) is 12.2. The quantitative estimate of drug-likeness (QED) is 0.887. The van der Waals surface area contributed by atoms with Gasteiger partial charge >= 0.3 is 0 Å². The van der Waals surface area contributed by atoms with Crippen molar-refractivity contribution in [1.29, 1.82) is 0 Å². The van der Waals surface area contributed by atoms with Gasteiger partial charge in [-0.15, -0.1) is 0 Å². The van der Waals surface area contributed by atoms with Gasteiger partial charge in [0.1, 0.15) is 0 Å². The maximum absolute atomic E-state index is 4.17. The highest BCUT2D eigenvalue weighted by atomic mass is 15.1. The second-order valence-corrected chi connectivity index (χ2v) is 6.79. The summed E-state index contributed by atoms with van der Waals surface area (Å²) in [7, 11) is 0.